The topological polar surface area (TPSA) is 30.0 Å². The largest absolute Gasteiger partial charge is 0.417 e. The molecule has 0 saturated carbocycles. The zero-order chi connectivity index (χ0) is 21.0. The van der Waals surface area contributed by atoms with Crippen molar-refractivity contribution in [2.45, 2.75) is 25.2 Å². The van der Waals surface area contributed by atoms with E-state index in [1.165, 1.54) is 18.2 Å². The van der Waals surface area contributed by atoms with E-state index in [4.69, 9.17) is 11.6 Å². The van der Waals surface area contributed by atoms with Gasteiger partial charge in [0.15, 0.2) is 5.78 Å². The number of ketones is 1. The van der Waals surface area contributed by atoms with Crippen molar-refractivity contribution in [3.05, 3.63) is 88.7 Å². The van der Waals surface area contributed by atoms with Gasteiger partial charge in [-0.1, -0.05) is 41.9 Å². The lowest BCUT2D eigenvalue weighted by Crippen LogP contribution is -2.13. The summed E-state index contributed by atoms with van der Waals surface area (Å²) >= 11 is 6.20. The Hall–Kier alpha value is -2.73. The number of Topliss-reactive ketones (excluding diaryl/α,β-unsaturated/α-hetero) is 1. The van der Waals surface area contributed by atoms with Crippen molar-refractivity contribution in [1.82, 2.24) is 4.98 Å². The van der Waals surface area contributed by atoms with E-state index in [1.54, 1.807) is 36.7 Å². The van der Waals surface area contributed by atoms with Gasteiger partial charge in [-0.2, -0.15) is 13.2 Å². The molecule has 0 radical (unpaired) electrons. The fraction of sp³-hybridized carbons (Fsp3) is 0.182. The number of alkyl halides is 4. The number of carbonyl (C=O) groups is 1. The molecule has 2 aromatic carbocycles. The first-order valence-electron chi connectivity index (χ1n) is 8.80. The summed E-state index contributed by atoms with van der Waals surface area (Å²) in [6.07, 6.45) is -3.60. The van der Waals surface area contributed by atoms with E-state index in [9.17, 15) is 22.4 Å². The summed E-state index contributed by atoms with van der Waals surface area (Å²) in [6, 6.07) is 12.9. The van der Waals surface area contributed by atoms with E-state index >= 15 is 0 Å². The molecule has 150 valence electrons. The maximum atomic E-state index is 14.7. The van der Waals surface area contributed by atoms with Crippen LogP contribution in [0.3, 0.4) is 0 Å². The normalized spacial score (nSPS) is 12.6. The third-order valence-corrected chi connectivity index (χ3v) is 4.84. The fourth-order valence-electron chi connectivity index (χ4n) is 3.03. The highest BCUT2D eigenvalue weighted by Gasteiger charge is 2.34. The van der Waals surface area contributed by atoms with Gasteiger partial charge < -0.3 is 0 Å². The fourth-order valence-corrected chi connectivity index (χ4v) is 3.33. The van der Waals surface area contributed by atoms with E-state index in [1.807, 2.05) is 0 Å². The minimum atomic E-state index is -4.65. The van der Waals surface area contributed by atoms with Gasteiger partial charge in [0.1, 0.15) is 6.17 Å². The number of halogens is 5. The lowest BCUT2D eigenvalue weighted by Gasteiger charge is -2.14. The van der Waals surface area contributed by atoms with Crippen LogP contribution in [0, 0.1) is 0 Å². The Balaban J connectivity index is 1.72. The number of hydrogen-bond acceptors (Lipinski definition) is 2. The van der Waals surface area contributed by atoms with Crippen LogP contribution in [0.2, 0.25) is 5.02 Å². The number of rotatable bonds is 6. The van der Waals surface area contributed by atoms with Gasteiger partial charge in [0, 0.05) is 35.0 Å². The molecule has 0 aliphatic carbocycles. The van der Waals surface area contributed by atoms with Gasteiger partial charge in [-0.05, 0) is 41.8 Å². The molecule has 0 spiro atoms. The molecule has 0 aliphatic heterocycles. The van der Waals surface area contributed by atoms with Crippen LogP contribution in [0.5, 0.6) is 0 Å². The molecule has 0 fully saturated rings. The molecular weight excluding hydrogens is 406 g/mol. The third-order valence-electron chi connectivity index (χ3n) is 4.51. The number of carbonyl (C=O) groups excluding carboxylic acids is 1. The predicted molar refractivity (Wildman–Crippen MR) is 104 cm³/mol. The van der Waals surface area contributed by atoms with E-state index in [2.05, 4.69) is 4.98 Å². The summed E-state index contributed by atoms with van der Waals surface area (Å²) in [5.41, 5.74) is 0.374. The van der Waals surface area contributed by atoms with Crippen LogP contribution in [-0.4, -0.2) is 10.8 Å². The van der Waals surface area contributed by atoms with Crippen LogP contribution in [-0.2, 0) is 6.18 Å². The first-order valence-corrected chi connectivity index (χ1v) is 9.18. The summed E-state index contributed by atoms with van der Waals surface area (Å²) in [6.45, 7) is 0. The van der Waals surface area contributed by atoms with Crippen LogP contribution in [0.15, 0.2) is 67.0 Å². The zero-order valence-corrected chi connectivity index (χ0v) is 15.8. The van der Waals surface area contributed by atoms with Crippen molar-refractivity contribution in [3.63, 3.8) is 0 Å². The van der Waals surface area contributed by atoms with E-state index < -0.39 is 29.3 Å². The number of benzene rings is 2. The Morgan fingerprint density at radius 1 is 1.00 bits per heavy atom. The first-order chi connectivity index (χ1) is 13.8. The van der Waals surface area contributed by atoms with Crippen LogP contribution >= 0.6 is 11.6 Å². The van der Waals surface area contributed by atoms with Gasteiger partial charge in [-0.15, -0.1) is 0 Å². The second kappa shape index (κ2) is 8.74. The molecular formula is C22H16ClF4NO. The molecule has 3 rings (SSSR count). The van der Waals surface area contributed by atoms with E-state index in [0.29, 0.717) is 0 Å². The van der Waals surface area contributed by atoms with Crippen LogP contribution < -0.4 is 0 Å². The molecule has 3 aromatic rings. The Kier molecular flexibility index (Phi) is 6.33. The molecule has 0 amide bonds. The lowest BCUT2D eigenvalue weighted by molar-refractivity contribution is -0.137. The summed E-state index contributed by atoms with van der Waals surface area (Å²) in [5, 5.41) is 0.190. The first kappa shape index (κ1) is 21.0. The second-order valence-corrected chi connectivity index (χ2v) is 6.85. The molecule has 1 aromatic heterocycles. The third kappa shape index (κ3) is 5.01. The highest BCUT2D eigenvalue weighted by molar-refractivity contribution is 6.31. The summed E-state index contributed by atoms with van der Waals surface area (Å²) in [5.74, 6) is -0.759. The van der Waals surface area contributed by atoms with Crippen molar-refractivity contribution in [1.29, 1.82) is 0 Å². The van der Waals surface area contributed by atoms with Crippen LogP contribution in [0.4, 0.5) is 17.6 Å². The van der Waals surface area contributed by atoms with Gasteiger partial charge in [0.2, 0.25) is 0 Å². The van der Waals surface area contributed by atoms with Crippen molar-refractivity contribution in [3.8, 4) is 11.1 Å². The zero-order valence-electron chi connectivity index (χ0n) is 15.1. The average Bonchev–Trinajstić information content (AvgIpc) is 2.71. The SMILES string of the molecule is O=C(CCC(F)c1ccc(-c2ccncc2)cc1Cl)c1ccccc1C(F)(F)F. The number of nitrogens with zero attached hydrogens (tertiary/aromatic N) is 1. The molecule has 2 nitrogen and oxygen atoms in total. The quantitative estimate of drug-likeness (QED) is 0.314. The van der Waals surface area contributed by atoms with E-state index in [0.717, 1.165) is 23.3 Å². The highest BCUT2D eigenvalue weighted by atomic mass is 35.5. The standard InChI is InChI=1S/C22H16ClF4NO/c23-19-13-15(14-9-11-28-12-10-14)5-6-17(19)20(24)7-8-21(29)16-3-1-2-4-18(16)22(25,26)27/h1-6,9-13,20H,7-8H2. The minimum absolute atomic E-state index is 0.190. The van der Waals surface area contributed by atoms with Crippen molar-refractivity contribution in [2.24, 2.45) is 0 Å². The number of hydrogen-bond donors (Lipinski definition) is 0. The Morgan fingerprint density at radius 2 is 1.69 bits per heavy atom. The molecule has 0 saturated heterocycles. The molecule has 1 heterocycles. The lowest BCUT2D eigenvalue weighted by atomic mass is 9.96. The summed E-state index contributed by atoms with van der Waals surface area (Å²) < 4.78 is 53.8. The predicted octanol–water partition coefficient (Wildman–Crippen LogP) is 7.09. The smallest absolute Gasteiger partial charge is 0.294 e. The highest BCUT2D eigenvalue weighted by Crippen LogP contribution is 2.35. The maximum absolute atomic E-state index is 14.7. The van der Waals surface area contributed by atoms with Gasteiger partial charge in [0.05, 0.1) is 5.56 Å². The molecule has 0 N–H and O–H groups in total. The molecule has 1 unspecified atom stereocenters. The number of aromatic nitrogens is 1. The second-order valence-electron chi connectivity index (χ2n) is 6.44. The molecule has 7 heteroatoms. The van der Waals surface area contributed by atoms with Crippen molar-refractivity contribution in [2.75, 3.05) is 0 Å². The Bertz CT molecular complexity index is 1010. The van der Waals surface area contributed by atoms with Gasteiger partial charge in [-0.25, -0.2) is 4.39 Å². The summed E-state index contributed by atoms with van der Waals surface area (Å²) in [7, 11) is 0. The minimum Gasteiger partial charge on any atom is -0.294 e. The van der Waals surface area contributed by atoms with E-state index in [-0.39, 0.29) is 23.4 Å². The summed E-state index contributed by atoms with van der Waals surface area (Å²) in [4.78, 5) is 16.2. The molecule has 0 bridgehead atoms. The number of pyridine rings is 1. The molecule has 0 aliphatic rings. The van der Waals surface area contributed by atoms with Crippen LogP contribution in [0.1, 0.15) is 40.5 Å². The van der Waals surface area contributed by atoms with Gasteiger partial charge in [0.25, 0.3) is 0 Å². The van der Waals surface area contributed by atoms with Crippen molar-refractivity contribution >= 4 is 17.4 Å². The monoisotopic (exact) mass is 421 g/mol. The Labute approximate surface area is 170 Å². The van der Waals surface area contributed by atoms with Gasteiger partial charge >= 0.3 is 6.18 Å². The molecule has 29 heavy (non-hydrogen) atoms. The van der Waals surface area contributed by atoms with Crippen molar-refractivity contribution < 1.29 is 22.4 Å². The van der Waals surface area contributed by atoms with Crippen LogP contribution in [0.25, 0.3) is 11.1 Å². The average molecular weight is 422 g/mol. The Morgan fingerprint density at radius 3 is 2.34 bits per heavy atom. The molecule has 1 atom stereocenters. The maximum Gasteiger partial charge on any atom is 0.417 e. The van der Waals surface area contributed by atoms with Gasteiger partial charge in [-0.3, -0.25) is 9.78 Å².